The number of rotatable bonds is 5. The number of benzene rings is 2. The second-order valence-corrected chi connectivity index (χ2v) is 7.34. The van der Waals surface area contributed by atoms with Crippen molar-refractivity contribution in [3.63, 3.8) is 0 Å². The molecule has 1 fully saturated rings. The second-order valence-electron chi connectivity index (χ2n) is 7.34. The van der Waals surface area contributed by atoms with Crippen LogP contribution in [0.3, 0.4) is 0 Å². The van der Waals surface area contributed by atoms with Crippen LogP contribution < -0.4 is 14.9 Å². The SMILES string of the molecule is COc1ccc(-c2coc3cc(O[C@H]4O[C@@H](CO)[C@H](O)[C@@H](O)[C@@H]4O)cc(O)c3c2=O)cc1. The Hall–Kier alpha value is -3.15. The molecule has 170 valence electrons. The van der Waals surface area contributed by atoms with Crippen molar-refractivity contribution in [1.82, 2.24) is 0 Å². The average Bonchev–Trinajstić information content (AvgIpc) is 2.79. The molecule has 0 unspecified atom stereocenters. The van der Waals surface area contributed by atoms with E-state index in [9.17, 15) is 30.3 Å². The largest absolute Gasteiger partial charge is 0.507 e. The number of phenolic OH excluding ortho intramolecular Hbond substituents is 1. The molecule has 32 heavy (non-hydrogen) atoms. The van der Waals surface area contributed by atoms with Crippen molar-refractivity contribution < 1.29 is 44.2 Å². The van der Waals surface area contributed by atoms with E-state index in [1.807, 2.05) is 0 Å². The topological polar surface area (TPSA) is 159 Å². The monoisotopic (exact) mass is 446 g/mol. The number of hydrogen-bond acceptors (Lipinski definition) is 10. The minimum absolute atomic E-state index is 0.0202. The van der Waals surface area contributed by atoms with Crippen LogP contribution in [-0.4, -0.2) is 70.0 Å². The summed E-state index contributed by atoms with van der Waals surface area (Å²) in [7, 11) is 1.53. The van der Waals surface area contributed by atoms with Gasteiger partial charge < -0.3 is 44.2 Å². The summed E-state index contributed by atoms with van der Waals surface area (Å²) < 4.78 is 21.4. The van der Waals surface area contributed by atoms with E-state index in [1.165, 1.54) is 19.4 Å². The van der Waals surface area contributed by atoms with Crippen molar-refractivity contribution in [3.8, 4) is 28.4 Å². The maximum Gasteiger partial charge on any atom is 0.229 e. The van der Waals surface area contributed by atoms with Crippen LogP contribution in [0.25, 0.3) is 22.1 Å². The first-order valence-electron chi connectivity index (χ1n) is 9.74. The highest BCUT2D eigenvalue weighted by Gasteiger charge is 2.44. The van der Waals surface area contributed by atoms with Gasteiger partial charge in [-0.1, -0.05) is 12.1 Å². The lowest BCUT2D eigenvalue weighted by Crippen LogP contribution is -2.60. The number of fused-ring (bicyclic) bond motifs is 1. The van der Waals surface area contributed by atoms with Gasteiger partial charge in [-0.3, -0.25) is 4.79 Å². The fraction of sp³-hybridized carbons (Fsp3) is 0.318. The third kappa shape index (κ3) is 3.90. The smallest absolute Gasteiger partial charge is 0.229 e. The Balaban J connectivity index is 1.66. The van der Waals surface area contributed by atoms with Crippen molar-refractivity contribution in [2.24, 2.45) is 0 Å². The summed E-state index contributed by atoms with van der Waals surface area (Å²) in [6.45, 7) is -0.614. The van der Waals surface area contributed by atoms with E-state index in [0.29, 0.717) is 11.3 Å². The van der Waals surface area contributed by atoms with Gasteiger partial charge in [0.1, 0.15) is 58.9 Å². The Labute approximate surface area is 181 Å². The van der Waals surface area contributed by atoms with Crippen molar-refractivity contribution >= 4 is 11.0 Å². The molecule has 1 aliphatic rings. The van der Waals surface area contributed by atoms with Crippen LogP contribution in [0.4, 0.5) is 0 Å². The molecule has 0 bridgehead atoms. The number of hydrogen-bond donors (Lipinski definition) is 5. The minimum Gasteiger partial charge on any atom is -0.507 e. The molecular weight excluding hydrogens is 424 g/mol. The summed E-state index contributed by atoms with van der Waals surface area (Å²) >= 11 is 0. The van der Waals surface area contributed by atoms with Gasteiger partial charge in [0.2, 0.25) is 11.7 Å². The van der Waals surface area contributed by atoms with E-state index in [0.717, 1.165) is 6.07 Å². The first-order chi connectivity index (χ1) is 15.3. The average molecular weight is 446 g/mol. The molecule has 10 heteroatoms. The third-order valence-corrected chi connectivity index (χ3v) is 5.33. The molecule has 10 nitrogen and oxygen atoms in total. The Bertz CT molecular complexity index is 1150. The van der Waals surface area contributed by atoms with Crippen LogP contribution in [0.1, 0.15) is 0 Å². The molecule has 0 saturated carbocycles. The van der Waals surface area contributed by atoms with Crippen LogP contribution >= 0.6 is 0 Å². The zero-order valence-electron chi connectivity index (χ0n) is 16.9. The van der Waals surface area contributed by atoms with Gasteiger partial charge in [-0.2, -0.15) is 0 Å². The molecule has 0 amide bonds. The van der Waals surface area contributed by atoms with Crippen LogP contribution in [-0.2, 0) is 4.74 Å². The quantitative estimate of drug-likeness (QED) is 0.370. The van der Waals surface area contributed by atoms with Crippen molar-refractivity contribution in [1.29, 1.82) is 0 Å². The van der Waals surface area contributed by atoms with Gasteiger partial charge in [-0.15, -0.1) is 0 Å². The van der Waals surface area contributed by atoms with Crippen molar-refractivity contribution in [2.45, 2.75) is 30.7 Å². The maximum absolute atomic E-state index is 13.0. The number of methoxy groups -OCH3 is 1. The van der Waals surface area contributed by atoms with Gasteiger partial charge in [0.15, 0.2) is 0 Å². The summed E-state index contributed by atoms with van der Waals surface area (Å²) in [6, 6.07) is 9.20. The van der Waals surface area contributed by atoms with E-state index in [4.69, 9.17) is 18.6 Å². The van der Waals surface area contributed by atoms with E-state index < -0.39 is 48.5 Å². The predicted molar refractivity (Wildman–Crippen MR) is 111 cm³/mol. The van der Waals surface area contributed by atoms with E-state index in [1.54, 1.807) is 24.3 Å². The number of ether oxygens (including phenoxy) is 3. The third-order valence-electron chi connectivity index (χ3n) is 5.33. The summed E-state index contributed by atoms with van der Waals surface area (Å²) in [5.74, 6) is 0.169. The predicted octanol–water partition coefficient (Wildman–Crippen LogP) is 0.353. The standard InChI is InChI=1S/C22H22O10/c1-29-11-4-2-10(3-5-11)13-9-30-15-7-12(6-14(24)17(15)18(13)25)31-22-21(28)20(27)19(26)16(8-23)32-22/h2-7,9,16,19-24,26-28H,8H2,1H3/t16-,19-,20+,21-,22-/m0/s1. The molecule has 5 atom stereocenters. The van der Waals surface area contributed by atoms with Crippen LogP contribution in [0.2, 0.25) is 0 Å². The summed E-state index contributed by atoms with van der Waals surface area (Å²) in [5, 5.41) is 49.6. The number of aliphatic hydroxyl groups is 4. The minimum atomic E-state index is -1.63. The van der Waals surface area contributed by atoms with Gasteiger partial charge in [0.05, 0.1) is 19.3 Å². The molecule has 5 N–H and O–H groups in total. The maximum atomic E-state index is 13.0. The van der Waals surface area contributed by atoms with Gasteiger partial charge in [0.25, 0.3) is 0 Å². The Morgan fingerprint density at radius 2 is 1.72 bits per heavy atom. The Morgan fingerprint density at radius 3 is 2.38 bits per heavy atom. The number of aliphatic hydroxyl groups excluding tert-OH is 4. The molecule has 0 aliphatic carbocycles. The Morgan fingerprint density at radius 1 is 1.00 bits per heavy atom. The normalized spacial score (nSPS) is 25.6. The molecule has 0 radical (unpaired) electrons. The fourth-order valence-electron chi connectivity index (χ4n) is 3.54. The number of aromatic hydroxyl groups is 1. The summed E-state index contributed by atoms with van der Waals surface area (Å²) in [5.41, 5.74) is 0.362. The lowest BCUT2D eigenvalue weighted by atomic mass is 9.99. The van der Waals surface area contributed by atoms with E-state index in [-0.39, 0.29) is 22.3 Å². The molecule has 1 aliphatic heterocycles. The van der Waals surface area contributed by atoms with Gasteiger partial charge in [-0.25, -0.2) is 0 Å². The molecule has 0 spiro atoms. The fourth-order valence-corrected chi connectivity index (χ4v) is 3.54. The van der Waals surface area contributed by atoms with Gasteiger partial charge in [0, 0.05) is 12.1 Å². The zero-order chi connectivity index (χ0) is 23.0. The van der Waals surface area contributed by atoms with Gasteiger partial charge >= 0.3 is 0 Å². The lowest BCUT2D eigenvalue weighted by Gasteiger charge is -2.39. The molecular formula is C22H22O10. The van der Waals surface area contributed by atoms with E-state index in [2.05, 4.69) is 0 Å². The van der Waals surface area contributed by atoms with Crippen molar-refractivity contribution in [3.05, 3.63) is 52.9 Å². The molecule has 2 heterocycles. The first-order valence-corrected chi connectivity index (χ1v) is 9.74. The molecule has 2 aromatic carbocycles. The van der Waals surface area contributed by atoms with Crippen LogP contribution in [0, 0.1) is 0 Å². The van der Waals surface area contributed by atoms with Crippen LogP contribution in [0.5, 0.6) is 17.2 Å². The molecule has 1 aromatic heterocycles. The van der Waals surface area contributed by atoms with E-state index >= 15 is 0 Å². The zero-order valence-corrected chi connectivity index (χ0v) is 16.9. The Kier molecular flexibility index (Phi) is 6.04. The molecule has 4 rings (SSSR count). The second kappa shape index (κ2) is 8.77. The molecule has 1 saturated heterocycles. The lowest BCUT2D eigenvalue weighted by molar-refractivity contribution is -0.277. The summed E-state index contributed by atoms with van der Waals surface area (Å²) in [4.78, 5) is 13.0. The van der Waals surface area contributed by atoms with Crippen LogP contribution in [0.15, 0.2) is 51.9 Å². The summed E-state index contributed by atoms with van der Waals surface area (Å²) in [6.07, 6.45) is -6.14. The number of phenols is 1. The highest BCUT2D eigenvalue weighted by atomic mass is 16.7. The highest BCUT2D eigenvalue weighted by molar-refractivity contribution is 5.88. The van der Waals surface area contributed by atoms with Crippen molar-refractivity contribution in [2.75, 3.05) is 13.7 Å². The molecule has 3 aromatic rings. The van der Waals surface area contributed by atoms with Gasteiger partial charge in [-0.05, 0) is 17.7 Å². The first kappa shape index (κ1) is 22.1. The highest BCUT2D eigenvalue weighted by Crippen LogP contribution is 2.32.